The molecule has 1 saturated heterocycles. The number of aliphatic carboxylic acids is 2. The van der Waals surface area contributed by atoms with E-state index in [4.69, 9.17) is 0 Å². The van der Waals surface area contributed by atoms with Gasteiger partial charge >= 0.3 is 11.9 Å². The highest BCUT2D eigenvalue weighted by Gasteiger charge is 2.33. The van der Waals surface area contributed by atoms with Crippen LogP contribution in [-0.2, 0) is 31.2 Å². The van der Waals surface area contributed by atoms with E-state index in [9.17, 15) is 28.2 Å². The molecule has 2 heterocycles. The molecule has 2 rings (SSSR count). The van der Waals surface area contributed by atoms with Crippen LogP contribution in [0.3, 0.4) is 0 Å². The van der Waals surface area contributed by atoms with Crippen molar-refractivity contribution in [3.63, 3.8) is 0 Å². The van der Waals surface area contributed by atoms with Crippen molar-refractivity contribution >= 4 is 33.5 Å². The van der Waals surface area contributed by atoms with Crippen molar-refractivity contribution < 1.29 is 28.2 Å². The fourth-order valence-electron chi connectivity index (χ4n) is 4.95. The van der Waals surface area contributed by atoms with E-state index in [1.807, 2.05) is 0 Å². The number of allylic oxidation sites excluding steroid dienone is 2. The van der Waals surface area contributed by atoms with Crippen LogP contribution >= 0.6 is 0 Å². The van der Waals surface area contributed by atoms with E-state index in [0.717, 1.165) is 75.5 Å². The highest BCUT2D eigenvalue weighted by molar-refractivity contribution is 7.89. The van der Waals surface area contributed by atoms with Gasteiger partial charge in [-0.2, -0.15) is 0 Å². The maximum absolute atomic E-state index is 13.2. The highest BCUT2D eigenvalue weighted by atomic mass is 32.2. The Bertz CT molecular complexity index is 801. The molecule has 0 spiro atoms. The molecule has 5 unspecified atom stereocenters. The van der Waals surface area contributed by atoms with Crippen molar-refractivity contribution in [3.8, 4) is 0 Å². The number of carbonyl (C=O) groups is 2. The lowest BCUT2D eigenvalue weighted by Crippen LogP contribution is -2.32. The van der Waals surface area contributed by atoms with Gasteiger partial charge in [-0.05, 0) is 91.9 Å². The average molecular weight is 517 g/mol. The summed E-state index contributed by atoms with van der Waals surface area (Å²) in [4.78, 5) is 23.6. The van der Waals surface area contributed by atoms with Crippen LogP contribution in [0.4, 0.5) is 0 Å². The van der Waals surface area contributed by atoms with Gasteiger partial charge in [-0.15, -0.1) is 0 Å². The molecule has 0 aromatic rings. The Morgan fingerprint density at radius 1 is 0.853 bits per heavy atom. The largest absolute Gasteiger partial charge is 0.481 e. The Labute approximate surface area is 210 Å². The number of hydrogen-bond donors (Lipinski definition) is 2. The van der Waals surface area contributed by atoms with Crippen LogP contribution in [0.15, 0.2) is 11.0 Å². The summed E-state index contributed by atoms with van der Waals surface area (Å²) in [7, 11) is -1.97. The maximum atomic E-state index is 13.2. The second-order valence-corrected chi connectivity index (χ2v) is 15.1. The van der Waals surface area contributed by atoms with E-state index in [1.165, 1.54) is 0 Å². The molecule has 8 heteroatoms. The number of carboxylic acids is 2. The summed E-state index contributed by atoms with van der Waals surface area (Å²) in [5.74, 6) is -1.57. The van der Waals surface area contributed by atoms with Gasteiger partial charge in [-0.1, -0.05) is 25.3 Å². The van der Waals surface area contributed by atoms with Gasteiger partial charge in [0.15, 0.2) is 0 Å². The monoisotopic (exact) mass is 516 g/mol. The standard InChI is InChI=1S/C26H44O6S2/c1-25(2,23(27)28)17-7-13-19-9-5-11-21(33(19)31)15-16-22-12-6-10-20(34(22)32)14-8-18-26(3,4)24(29)30/h11,19-20,22H,5-10,12-18H2,1-4H3,(H,27,28)(H,29,30). The summed E-state index contributed by atoms with van der Waals surface area (Å²) in [6, 6.07) is 0. The molecule has 2 N–H and O–H groups in total. The molecule has 5 atom stereocenters. The van der Waals surface area contributed by atoms with Crippen LogP contribution in [0.25, 0.3) is 0 Å². The number of hydrogen-bond acceptors (Lipinski definition) is 4. The summed E-state index contributed by atoms with van der Waals surface area (Å²) in [6.45, 7) is 6.97. The smallest absolute Gasteiger partial charge is 0.309 e. The van der Waals surface area contributed by atoms with E-state index in [0.29, 0.717) is 12.8 Å². The minimum absolute atomic E-state index is 0.0896. The SMILES string of the molecule is CC(C)(CCCC1CCC=C(CCC2CCCC(CCCC(C)(C)C(=O)O)S2=O)S1=O)C(=O)O. The summed E-state index contributed by atoms with van der Waals surface area (Å²) >= 11 is 0. The molecule has 34 heavy (non-hydrogen) atoms. The normalized spacial score (nSPS) is 28.4. The molecular weight excluding hydrogens is 472 g/mol. The Balaban J connectivity index is 1.81. The molecule has 6 nitrogen and oxygen atoms in total. The third kappa shape index (κ3) is 8.28. The fourth-order valence-corrected chi connectivity index (χ4v) is 8.80. The first-order chi connectivity index (χ1) is 15.8. The molecule has 0 radical (unpaired) electrons. The summed E-state index contributed by atoms with van der Waals surface area (Å²) in [5, 5.41) is 18.9. The van der Waals surface area contributed by atoms with E-state index in [-0.39, 0.29) is 15.7 Å². The third-order valence-corrected chi connectivity index (χ3v) is 11.9. The molecule has 0 amide bonds. The van der Waals surface area contributed by atoms with Gasteiger partial charge in [0.25, 0.3) is 0 Å². The van der Waals surface area contributed by atoms with Gasteiger partial charge in [0, 0.05) is 31.5 Å². The number of rotatable bonds is 13. The zero-order valence-corrected chi connectivity index (χ0v) is 23.0. The Morgan fingerprint density at radius 3 is 1.88 bits per heavy atom. The molecule has 0 aromatic carbocycles. The zero-order chi connectivity index (χ0) is 25.5. The van der Waals surface area contributed by atoms with Gasteiger partial charge in [-0.25, -0.2) is 0 Å². The predicted octanol–water partition coefficient (Wildman–Crippen LogP) is 5.79. The van der Waals surface area contributed by atoms with Crippen LogP contribution in [0.1, 0.15) is 111 Å². The van der Waals surface area contributed by atoms with E-state index in [2.05, 4.69) is 6.08 Å². The van der Waals surface area contributed by atoms with Crippen LogP contribution in [-0.4, -0.2) is 46.3 Å². The van der Waals surface area contributed by atoms with E-state index < -0.39 is 44.4 Å². The molecule has 2 aliphatic heterocycles. The first-order valence-corrected chi connectivity index (χ1v) is 15.3. The second kappa shape index (κ2) is 12.8. The summed E-state index contributed by atoms with van der Waals surface area (Å²) in [6.07, 6.45) is 12.6. The van der Waals surface area contributed by atoms with Gasteiger partial charge in [-0.3, -0.25) is 18.0 Å². The molecule has 0 bridgehead atoms. The van der Waals surface area contributed by atoms with Crippen molar-refractivity contribution in [2.24, 2.45) is 10.8 Å². The number of carboxylic acid groups (broad SMARTS) is 2. The molecule has 0 saturated carbocycles. The first kappa shape index (κ1) is 29.2. The van der Waals surface area contributed by atoms with Crippen LogP contribution in [0, 0.1) is 10.8 Å². The minimum Gasteiger partial charge on any atom is -0.481 e. The molecule has 0 aromatic heterocycles. The van der Waals surface area contributed by atoms with E-state index in [1.54, 1.807) is 27.7 Å². The minimum atomic E-state index is -1.04. The van der Waals surface area contributed by atoms with E-state index >= 15 is 0 Å². The molecule has 1 fully saturated rings. The summed E-state index contributed by atoms with van der Waals surface area (Å²) < 4.78 is 26.3. The van der Waals surface area contributed by atoms with Crippen LogP contribution in [0.2, 0.25) is 0 Å². The Hall–Kier alpha value is -1.02. The Morgan fingerprint density at radius 2 is 1.35 bits per heavy atom. The van der Waals surface area contributed by atoms with Crippen LogP contribution in [0.5, 0.6) is 0 Å². The average Bonchev–Trinajstić information content (AvgIpc) is 2.75. The Kier molecular flexibility index (Phi) is 11.0. The van der Waals surface area contributed by atoms with Crippen molar-refractivity contribution in [1.82, 2.24) is 0 Å². The first-order valence-electron chi connectivity index (χ1n) is 12.8. The van der Waals surface area contributed by atoms with Crippen LogP contribution < -0.4 is 0 Å². The van der Waals surface area contributed by atoms with Gasteiger partial charge in [0.05, 0.1) is 21.6 Å². The lowest BCUT2D eigenvalue weighted by molar-refractivity contribution is -0.148. The second-order valence-electron chi connectivity index (χ2n) is 11.4. The topological polar surface area (TPSA) is 109 Å². The zero-order valence-electron chi connectivity index (χ0n) is 21.3. The highest BCUT2D eigenvalue weighted by Crippen LogP contribution is 2.34. The van der Waals surface area contributed by atoms with Crippen molar-refractivity contribution in [2.45, 2.75) is 127 Å². The van der Waals surface area contributed by atoms with Gasteiger partial charge < -0.3 is 10.2 Å². The van der Waals surface area contributed by atoms with Crippen molar-refractivity contribution in [3.05, 3.63) is 11.0 Å². The van der Waals surface area contributed by atoms with Crippen molar-refractivity contribution in [1.29, 1.82) is 0 Å². The molecule has 0 aliphatic carbocycles. The third-order valence-electron chi connectivity index (χ3n) is 7.66. The van der Waals surface area contributed by atoms with Gasteiger partial charge in [0.2, 0.25) is 0 Å². The predicted molar refractivity (Wildman–Crippen MR) is 139 cm³/mol. The molecule has 2 aliphatic rings. The van der Waals surface area contributed by atoms with Crippen molar-refractivity contribution in [2.75, 3.05) is 0 Å². The lowest BCUT2D eigenvalue weighted by atomic mass is 9.87. The van der Waals surface area contributed by atoms with Gasteiger partial charge in [0.1, 0.15) is 0 Å². The quantitative estimate of drug-likeness (QED) is 0.320. The fraction of sp³-hybridized carbons (Fsp3) is 0.846. The lowest BCUT2D eigenvalue weighted by Gasteiger charge is -2.30. The summed E-state index contributed by atoms with van der Waals surface area (Å²) in [5.41, 5.74) is -1.49. The molecule has 196 valence electrons. The maximum Gasteiger partial charge on any atom is 0.309 e. The molecular formula is C26H44O6S2.